The molecule has 2 rings (SSSR count). The molecule has 0 radical (unpaired) electrons. The van der Waals surface area contributed by atoms with Gasteiger partial charge in [0.2, 0.25) is 0 Å². The summed E-state index contributed by atoms with van der Waals surface area (Å²) >= 11 is 0. The van der Waals surface area contributed by atoms with Crippen molar-refractivity contribution >= 4 is 17.3 Å². The zero-order valence-electron chi connectivity index (χ0n) is 11.1. The average molecular weight is 260 g/mol. The molecule has 0 saturated heterocycles. The molecule has 0 aliphatic carbocycles. The molecule has 6 heteroatoms. The number of ether oxygens (including phenoxy) is 1. The van der Waals surface area contributed by atoms with E-state index in [1.165, 1.54) is 4.68 Å². The molecule has 1 aromatic heterocycles. The molecule has 0 fully saturated rings. The zero-order chi connectivity index (χ0) is 14.0. The van der Waals surface area contributed by atoms with Crippen LogP contribution in [-0.2, 0) is 7.05 Å². The molecule has 0 saturated carbocycles. The normalized spacial score (nSPS) is 10.3. The number of aryl methyl sites for hydroxylation is 2. The number of carbonyl (C=O) groups excluding carboxylic acids is 1. The van der Waals surface area contributed by atoms with Crippen molar-refractivity contribution in [1.82, 2.24) is 9.78 Å². The summed E-state index contributed by atoms with van der Waals surface area (Å²) in [5, 5.41) is 6.76. The Balaban J connectivity index is 2.26. The van der Waals surface area contributed by atoms with Crippen LogP contribution in [0.3, 0.4) is 0 Å². The monoisotopic (exact) mass is 260 g/mol. The average Bonchev–Trinajstić information content (AvgIpc) is 2.70. The van der Waals surface area contributed by atoms with E-state index in [2.05, 4.69) is 10.4 Å². The molecule has 0 spiro atoms. The van der Waals surface area contributed by atoms with Gasteiger partial charge in [0, 0.05) is 13.2 Å². The predicted octanol–water partition coefficient (Wildman–Crippen LogP) is 1.57. The third kappa shape index (κ3) is 2.67. The van der Waals surface area contributed by atoms with Crippen LogP contribution in [0.15, 0.2) is 24.4 Å². The van der Waals surface area contributed by atoms with Gasteiger partial charge in [-0.25, -0.2) is 0 Å². The molecule has 0 aliphatic heterocycles. The third-order valence-corrected chi connectivity index (χ3v) is 2.68. The third-order valence-electron chi connectivity index (χ3n) is 2.68. The van der Waals surface area contributed by atoms with Gasteiger partial charge in [-0.3, -0.25) is 9.48 Å². The number of nitrogens with one attached hydrogen (secondary N) is 1. The summed E-state index contributed by atoms with van der Waals surface area (Å²) in [6.07, 6.45) is 1.58. The number of aromatic nitrogens is 2. The van der Waals surface area contributed by atoms with Gasteiger partial charge in [0.15, 0.2) is 5.69 Å². The SMILES string of the molecule is COc1cc(C)ccc1NC(=O)c1nn(C)cc1N. The van der Waals surface area contributed by atoms with E-state index >= 15 is 0 Å². The molecule has 0 aliphatic rings. The van der Waals surface area contributed by atoms with E-state index in [4.69, 9.17) is 10.5 Å². The Hall–Kier alpha value is -2.50. The van der Waals surface area contributed by atoms with Crippen molar-refractivity contribution in [2.75, 3.05) is 18.2 Å². The lowest BCUT2D eigenvalue weighted by Crippen LogP contribution is -2.15. The van der Waals surface area contributed by atoms with Crippen LogP contribution >= 0.6 is 0 Å². The first-order chi connectivity index (χ1) is 9.01. The number of nitrogen functional groups attached to an aromatic ring is 1. The highest BCUT2D eigenvalue weighted by molar-refractivity contribution is 6.06. The Morgan fingerprint density at radius 2 is 2.21 bits per heavy atom. The van der Waals surface area contributed by atoms with Gasteiger partial charge in [-0.2, -0.15) is 5.10 Å². The number of rotatable bonds is 3. The summed E-state index contributed by atoms with van der Waals surface area (Å²) in [7, 11) is 3.26. The zero-order valence-corrected chi connectivity index (χ0v) is 11.1. The summed E-state index contributed by atoms with van der Waals surface area (Å²) < 4.78 is 6.72. The van der Waals surface area contributed by atoms with Crippen molar-refractivity contribution < 1.29 is 9.53 Å². The van der Waals surface area contributed by atoms with Gasteiger partial charge in [0.25, 0.3) is 5.91 Å². The van der Waals surface area contributed by atoms with E-state index in [0.717, 1.165) is 5.56 Å². The lowest BCUT2D eigenvalue weighted by atomic mass is 10.2. The van der Waals surface area contributed by atoms with Gasteiger partial charge in [-0.1, -0.05) is 6.07 Å². The smallest absolute Gasteiger partial charge is 0.278 e. The molecule has 6 nitrogen and oxygen atoms in total. The van der Waals surface area contributed by atoms with Crippen LogP contribution in [0.5, 0.6) is 5.75 Å². The van der Waals surface area contributed by atoms with Crippen LogP contribution in [0.25, 0.3) is 0 Å². The van der Waals surface area contributed by atoms with Crippen LogP contribution in [-0.4, -0.2) is 22.8 Å². The number of nitrogens with zero attached hydrogens (tertiary/aromatic N) is 2. The minimum absolute atomic E-state index is 0.199. The summed E-state index contributed by atoms with van der Waals surface area (Å²) in [5.41, 5.74) is 7.89. The molecule has 100 valence electrons. The van der Waals surface area contributed by atoms with Crippen molar-refractivity contribution in [3.63, 3.8) is 0 Å². The van der Waals surface area contributed by atoms with Crippen molar-refractivity contribution in [3.8, 4) is 5.75 Å². The second kappa shape index (κ2) is 5.01. The molecule has 19 heavy (non-hydrogen) atoms. The number of hydrogen-bond donors (Lipinski definition) is 2. The maximum Gasteiger partial charge on any atom is 0.278 e. The summed E-state index contributed by atoms with van der Waals surface area (Å²) in [6.45, 7) is 1.95. The van der Waals surface area contributed by atoms with E-state index in [1.807, 2.05) is 19.1 Å². The summed E-state index contributed by atoms with van der Waals surface area (Å²) in [6, 6.07) is 5.52. The molecule has 0 unspecified atom stereocenters. The highest BCUT2D eigenvalue weighted by Crippen LogP contribution is 2.26. The molecular weight excluding hydrogens is 244 g/mol. The van der Waals surface area contributed by atoms with Crippen molar-refractivity contribution in [3.05, 3.63) is 35.7 Å². The quantitative estimate of drug-likeness (QED) is 0.877. The molecule has 0 bridgehead atoms. The number of hydrogen-bond acceptors (Lipinski definition) is 4. The summed E-state index contributed by atoms with van der Waals surface area (Å²) in [5.74, 6) is 0.239. The second-order valence-corrected chi connectivity index (χ2v) is 4.26. The number of anilines is 2. The van der Waals surface area contributed by atoms with Crippen LogP contribution < -0.4 is 15.8 Å². The number of benzene rings is 1. The maximum atomic E-state index is 12.1. The Morgan fingerprint density at radius 3 is 2.79 bits per heavy atom. The number of carbonyl (C=O) groups is 1. The summed E-state index contributed by atoms with van der Waals surface area (Å²) in [4.78, 5) is 12.1. The molecule has 1 amide bonds. The topological polar surface area (TPSA) is 82.2 Å². The van der Waals surface area contributed by atoms with Crippen LogP contribution in [0, 0.1) is 6.92 Å². The van der Waals surface area contributed by atoms with E-state index in [1.54, 1.807) is 26.4 Å². The number of amides is 1. The molecule has 1 aromatic carbocycles. The fourth-order valence-electron chi connectivity index (χ4n) is 1.77. The minimum Gasteiger partial charge on any atom is -0.495 e. The number of methoxy groups -OCH3 is 1. The van der Waals surface area contributed by atoms with Crippen LogP contribution in [0.2, 0.25) is 0 Å². The van der Waals surface area contributed by atoms with Crippen molar-refractivity contribution in [1.29, 1.82) is 0 Å². The van der Waals surface area contributed by atoms with Gasteiger partial charge in [-0.15, -0.1) is 0 Å². The van der Waals surface area contributed by atoms with Gasteiger partial charge >= 0.3 is 0 Å². The van der Waals surface area contributed by atoms with Gasteiger partial charge in [0.1, 0.15) is 5.75 Å². The molecular formula is C13H16N4O2. The molecule has 2 aromatic rings. The predicted molar refractivity (Wildman–Crippen MR) is 73.3 cm³/mol. The molecule has 3 N–H and O–H groups in total. The Kier molecular flexibility index (Phi) is 3.41. The van der Waals surface area contributed by atoms with E-state index in [-0.39, 0.29) is 11.6 Å². The van der Waals surface area contributed by atoms with E-state index in [0.29, 0.717) is 17.1 Å². The van der Waals surface area contributed by atoms with Crippen molar-refractivity contribution in [2.24, 2.45) is 7.05 Å². The van der Waals surface area contributed by atoms with Gasteiger partial charge in [0.05, 0.1) is 18.5 Å². The lowest BCUT2D eigenvalue weighted by Gasteiger charge is -2.10. The van der Waals surface area contributed by atoms with Gasteiger partial charge in [-0.05, 0) is 24.6 Å². The molecule has 1 heterocycles. The Morgan fingerprint density at radius 1 is 1.47 bits per heavy atom. The largest absolute Gasteiger partial charge is 0.495 e. The number of nitrogens with two attached hydrogens (primary N) is 1. The first kappa shape index (κ1) is 12.9. The maximum absolute atomic E-state index is 12.1. The van der Waals surface area contributed by atoms with E-state index in [9.17, 15) is 4.79 Å². The minimum atomic E-state index is -0.361. The highest BCUT2D eigenvalue weighted by atomic mass is 16.5. The fraction of sp³-hybridized carbons (Fsp3) is 0.231. The Labute approximate surface area is 111 Å². The first-order valence-corrected chi connectivity index (χ1v) is 5.76. The molecule has 0 atom stereocenters. The van der Waals surface area contributed by atoms with E-state index < -0.39 is 0 Å². The van der Waals surface area contributed by atoms with Crippen LogP contribution in [0.4, 0.5) is 11.4 Å². The van der Waals surface area contributed by atoms with Gasteiger partial charge < -0.3 is 15.8 Å². The Bertz CT molecular complexity index is 619. The highest BCUT2D eigenvalue weighted by Gasteiger charge is 2.15. The second-order valence-electron chi connectivity index (χ2n) is 4.26. The van der Waals surface area contributed by atoms with Crippen LogP contribution in [0.1, 0.15) is 16.1 Å². The van der Waals surface area contributed by atoms with Crippen molar-refractivity contribution in [2.45, 2.75) is 6.92 Å². The first-order valence-electron chi connectivity index (χ1n) is 5.76. The lowest BCUT2D eigenvalue weighted by molar-refractivity contribution is 0.102. The standard InChI is InChI=1S/C13H16N4O2/c1-8-4-5-10(11(6-8)19-3)15-13(18)12-9(14)7-17(2)16-12/h4-7H,14H2,1-3H3,(H,15,18). The fourth-order valence-corrected chi connectivity index (χ4v) is 1.77.